The Hall–Kier alpha value is -4.62. The van der Waals surface area contributed by atoms with Crippen LogP contribution < -0.4 is 5.32 Å². The highest BCUT2D eigenvalue weighted by molar-refractivity contribution is 7.13. The molecule has 13 heteroatoms. The van der Waals surface area contributed by atoms with Gasteiger partial charge in [-0.25, -0.2) is 19.2 Å². The molecule has 5 heterocycles. The Morgan fingerprint density at radius 2 is 1.81 bits per heavy atom. The Kier molecular flexibility index (Phi) is 8.50. The van der Waals surface area contributed by atoms with Crippen molar-refractivity contribution in [2.45, 2.75) is 64.9 Å². The van der Waals surface area contributed by atoms with Gasteiger partial charge in [0.2, 0.25) is 0 Å². The van der Waals surface area contributed by atoms with E-state index in [0.717, 1.165) is 55.8 Å². The summed E-state index contributed by atoms with van der Waals surface area (Å²) in [6.45, 7) is 9.75. The molecule has 1 saturated heterocycles. The fourth-order valence-corrected chi connectivity index (χ4v) is 7.17. The monoisotopic (exact) mass is 671 g/mol. The van der Waals surface area contributed by atoms with Gasteiger partial charge in [-0.2, -0.15) is 0 Å². The molecule has 0 saturated carbocycles. The van der Waals surface area contributed by atoms with E-state index in [4.69, 9.17) is 4.74 Å². The molecule has 11 nitrogen and oxygen atoms in total. The number of carbonyl (C=O) groups is 3. The minimum atomic E-state index is -1.03. The van der Waals surface area contributed by atoms with Crippen LogP contribution in [-0.4, -0.2) is 78.9 Å². The molecule has 3 aliphatic heterocycles. The summed E-state index contributed by atoms with van der Waals surface area (Å²) < 4.78 is 23.2. The Morgan fingerprint density at radius 3 is 2.52 bits per heavy atom. The molecular weight excluding hydrogens is 633 g/mol. The van der Waals surface area contributed by atoms with Gasteiger partial charge < -0.3 is 19.1 Å². The van der Waals surface area contributed by atoms with Crippen molar-refractivity contribution in [3.63, 3.8) is 0 Å². The van der Waals surface area contributed by atoms with Crippen molar-refractivity contribution in [3.8, 4) is 11.1 Å². The van der Waals surface area contributed by atoms with E-state index in [2.05, 4.69) is 20.2 Å². The van der Waals surface area contributed by atoms with Crippen molar-refractivity contribution in [3.05, 3.63) is 88.2 Å². The maximum Gasteiger partial charge on any atom is 0.410 e. The Balaban J connectivity index is 1.06. The highest BCUT2D eigenvalue weighted by atomic mass is 32.1. The summed E-state index contributed by atoms with van der Waals surface area (Å²) in [5, 5.41) is 5.01. The third-order valence-electron chi connectivity index (χ3n) is 9.01. The lowest BCUT2D eigenvalue weighted by atomic mass is 9.99. The molecule has 0 radical (unpaired) electrons. The van der Waals surface area contributed by atoms with Gasteiger partial charge in [-0.15, -0.1) is 11.3 Å². The number of hydrogen-bond acceptors (Lipinski definition) is 8. The molecule has 2 aromatic heterocycles. The zero-order chi connectivity index (χ0) is 33.6. The first-order valence-corrected chi connectivity index (χ1v) is 17.1. The van der Waals surface area contributed by atoms with Crippen LogP contribution in [0.4, 0.5) is 14.3 Å². The third-order valence-corrected chi connectivity index (χ3v) is 9.69. The van der Waals surface area contributed by atoms with Gasteiger partial charge in [-0.05, 0) is 62.4 Å². The number of nitrogens with zero attached hydrogens (tertiary/aromatic N) is 6. The van der Waals surface area contributed by atoms with Crippen LogP contribution >= 0.6 is 11.3 Å². The van der Waals surface area contributed by atoms with Gasteiger partial charge in [0.1, 0.15) is 11.4 Å². The summed E-state index contributed by atoms with van der Waals surface area (Å²) in [6, 6.07) is 10.0. The maximum atomic E-state index is 15.7. The first-order valence-electron chi connectivity index (χ1n) is 16.2. The second-order valence-electron chi connectivity index (χ2n) is 13.5. The molecular formula is C35H38FN7O4S. The predicted molar refractivity (Wildman–Crippen MR) is 179 cm³/mol. The summed E-state index contributed by atoms with van der Waals surface area (Å²) in [5.74, 6) is -1.33. The number of piperazine rings is 1. The quantitative estimate of drug-likeness (QED) is 0.277. The van der Waals surface area contributed by atoms with Crippen LogP contribution in [-0.2, 0) is 35.6 Å². The largest absolute Gasteiger partial charge is 0.444 e. The zero-order valence-electron chi connectivity index (χ0n) is 27.2. The van der Waals surface area contributed by atoms with E-state index in [-0.39, 0.29) is 23.8 Å². The molecule has 1 atom stereocenters. The van der Waals surface area contributed by atoms with Gasteiger partial charge in [0, 0.05) is 67.7 Å². The minimum Gasteiger partial charge on any atom is -0.444 e. The standard InChI is InChI=1S/C35H38FN7O4S/c1-35(2,3)47-34(46)41-14-12-40(13-15-41)19-22-6-8-23(9-7-22)24-17-25-26(27(36)18-24)20-43(32(25)45)30(31(44)39-33-37-10-16-48-33)29-28-5-4-11-42(28)21-38-29/h6-10,16-18,21,30H,4-5,11-15,19-20H2,1-3H3,(H,37,39,44). The summed E-state index contributed by atoms with van der Waals surface area (Å²) in [5.41, 5.74) is 3.90. The summed E-state index contributed by atoms with van der Waals surface area (Å²) in [7, 11) is 0. The molecule has 250 valence electrons. The maximum absolute atomic E-state index is 15.7. The van der Waals surface area contributed by atoms with E-state index in [1.807, 2.05) is 49.6 Å². The van der Waals surface area contributed by atoms with Gasteiger partial charge in [-0.1, -0.05) is 24.3 Å². The molecule has 4 aromatic rings. The number of nitrogens with one attached hydrogen (secondary N) is 1. The fourth-order valence-electron chi connectivity index (χ4n) is 6.64. The smallest absolute Gasteiger partial charge is 0.410 e. The normalized spacial score (nSPS) is 17.0. The first-order chi connectivity index (χ1) is 23.0. The molecule has 3 aliphatic rings. The van der Waals surface area contributed by atoms with Gasteiger partial charge in [-0.3, -0.25) is 19.8 Å². The van der Waals surface area contributed by atoms with E-state index >= 15 is 4.39 Å². The van der Waals surface area contributed by atoms with E-state index in [1.54, 1.807) is 28.9 Å². The van der Waals surface area contributed by atoms with E-state index in [9.17, 15) is 14.4 Å². The highest BCUT2D eigenvalue weighted by Crippen LogP contribution is 2.38. The highest BCUT2D eigenvalue weighted by Gasteiger charge is 2.42. The van der Waals surface area contributed by atoms with Crippen molar-refractivity contribution in [1.82, 2.24) is 29.2 Å². The number of fused-ring (bicyclic) bond motifs is 2. The molecule has 3 amide bonds. The summed E-state index contributed by atoms with van der Waals surface area (Å²) in [6.07, 6.45) is 4.71. The van der Waals surface area contributed by atoms with Gasteiger partial charge in [0.05, 0.1) is 18.6 Å². The SMILES string of the molecule is CC(C)(C)OC(=O)N1CCN(Cc2ccc(-c3cc(F)c4c(c3)C(=O)N(C(C(=O)Nc3nccs3)c3ncn5c3CCC5)C4)cc2)CC1. The number of aryl methyl sites for hydroxylation is 1. The van der Waals surface area contributed by atoms with Crippen LogP contribution in [0.15, 0.2) is 54.3 Å². The van der Waals surface area contributed by atoms with E-state index < -0.39 is 29.3 Å². The topological polar surface area (TPSA) is 113 Å². The average molecular weight is 672 g/mol. The van der Waals surface area contributed by atoms with Crippen LogP contribution in [0.5, 0.6) is 0 Å². The third kappa shape index (κ3) is 6.44. The summed E-state index contributed by atoms with van der Waals surface area (Å²) in [4.78, 5) is 54.3. The second kappa shape index (κ2) is 12.8. The number of anilines is 1. The predicted octanol–water partition coefficient (Wildman–Crippen LogP) is 5.48. The number of ether oxygens (including phenoxy) is 1. The number of aromatic nitrogens is 3. The van der Waals surface area contributed by atoms with Gasteiger partial charge >= 0.3 is 6.09 Å². The van der Waals surface area contributed by atoms with E-state index in [1.165, 1.54) is 22.3 Å². The van der Waals surface area contributed by atoms with Crippen LogP contribution in [0, 0.1) is 5.82 Å². The van der Waals surface area contributed by atoms with Crippen LogP contribution in [0.1, 0.15) is 66.1 Å². The Morgan fingerprint density at radius 1 is 1.04 bits per heavy atom. The lowest BCUT2D eigenvalue weighted by Crippen LogP contribution is -2.49. The minimum absolute atomic E-state index is 0.0390. The number of imidazole rings is 1. The van der Waals surface area contributed by atoms with Crippen molar-refractivity contribution in [1.29, 1.82) is 0 Å². The van der Waals surface area contributed by atoms with Crippen LogP contribution in [0.3, 0.4) is 0 Å². The van der Waals surface area contributed by atoms with Gasteiger partial charge in [0.25, 0.3) is 11.8 Å². The number of carbonyl (C=O) groups excluding carboxylic acids is 3. The Bertz CT molecular complexity index is 1840. The second-order valence-corrected chi connectivity index (χ2v) is 14.4. The van der Waals surface area contributed by atoms with Gasteiger partial charge in [0.15, 0.2) is 11.2 Å². The van der Waals surface area contributed by atoms with Crippen molar-refractivity contribution >= 4 is 34.4 Å². The number of rotatable bonds is 7. The van der Waals surface area contributed by atoms with Crippen LogP contribution in [0.2, 0.25) is 0 Å². The first kappa shape index (κ1) is 32.0. The van der Waals surface area contributed by atoms with Crippen molar-refractivity contribution in [2.24, 2.45) is 0 Å². The number of thiazole rings is 1. The number of hydrogen-bond donors (Lipinski definition) is 1. The number of amides is 3. The number of benzene rings is 2. The van der Waals surface area contributed by atoms with Crippen molar-refractivity contribution < 1.29 is 23.5 Å². The molecule has 1 unspecified atom stereocenters. The molecule has 0 bridgehead atoms. The molecule has 7 rings (SSSR count). The molecule has 0 aliphatic carbocycles. The number of halogens is 1. The lowest BCUT2D eigenvalue weighted by Gasteiger charge is -2.35. The van der Waals surface area contributed by atoms with Crippen molar-refractivity contribution in [2.75, 3.05) is 31.5 Å². The fraction of sp³-hybridized carbons (Fsp3) is 0.400. The van der Waals surface area contributed by atoms with Crippen LogP contribution in [0.25, 0.3) is 11.1 Å². The summed E-state index contributed by atoms with van der Waals surface area (Å²) >= 11 is 1.28. The molecule has 1 fully saturated rings. The molecule has 0 spiro atoms. The average Bonchev–Trinajstić information content (AvgIpc) is 3.85. The lowest BCUT2D eigenvalue weighted by molar-refractivity contribution is -0.121. The molecule has 2 aromatic carbocycles. The molecule has 48 heavy (non-hydrogen) atoms. The van der Waals surface area contributed by atoms with E-state index in [0.29, 0.717) is 29.5 Å². The zero-order valence-corrected chi connectivity index (χ0v) is 28.1. The Labute approximate surface area is 282 Å². The molecule has 1 N–H and O–H groups in total.